The van der Waals surface area contributed by atoms with Crippen LogP contribution in [0, 0.1) is 0 Å². The molecule has 0 aliphatic rings. The first-order valence-electron chi connectivity index (χ1n) is 7.74. The Labute approximate surface area is 166 Å². The maximum absolute atomic E-state index is 12.2. The second-order valence-electron chi connectivity index (χ2n) is 5.30. The van der Waals surface area contributed by atoms with E-state index in [4.69, 9.17) is 9.47 Å². The molecule has 27 heavy (non-hydrogen) atoms. The van der Waals surface area contributed by atoms with Gasteiger partial charge in [-0.2, -0.15) is 0 Å². The first-order chi connectivity index (χ1) is 12.6. The maximum atomic E-state index is 12.2. The van der Waals surface area contributed by atoms with Crippen molar-refractivity contribution < 1.29 is 19.1 Å². The van der Waals surface area contributed by atoms with Crippen LogP contribution in [0.3, 0.4) is 0 Å². The zero-order valence-corrected chi connectivity index (χ0v) is 16.3. The molecule has 3 rings (SSSR count). The number of amides is 1. The number of ether oxygens (including phenoxy) is 2. The molecule has 0 bridgehead atoms. The number of thioether (sulfide) groups is 1. The fraction of sp³-hybridized carbons (Fsp3) is 0.167. The van der Waals surface area contributed by atoms with E-state index in [1.165, 1.54) is 18.9 Å². The highest BCUT2D eigenvalue weighted by Crippen LogP contribution is 2.23. The first kappa shape index (κ1) is 20.6. The average molecular weight is 408 g/mol. The van der Waals surface area contributed by atoms with Gasteiger partial charge in [-0.3, -0.25) is 4.79 Å². The summed E-state index contributed by atoms with van der Waals surface area (Å²) in [6, 6.07) is 12.2. The molecule has 0 unspecified atom stereocenters. The lowest BCUT2D eigenvalue weighted by Crippen LogP contribution is -2.17. The molecule has 0 spiro atoms. The number of fused-ring (bicyclic) bond motifs is 1. The smallest absolute Gasteiger partial charge is 0.339 e. The minimum absolute atomic E-state index is 0. The number of hydrogen-bond donors (Lipinski definition) is 2. The summed E-state index contributed by atoms with van der Waals surface area (Å²) >= 11 is 1.27. The van der Waals surface area contributed by atoms with Crippen molar-refractivity contribution in [2.24, 2.45) is 0 Å². The SMILES string of the molecule is COC(=O)c1ccccc1NC(=O)CSc1nc2ccc(OC)cc2[nH]1.Cl. The molecule has 142 valence electrons. The van der Waals surface area contributed by atoms with Crippen LogP contribution < -0.4 is 10.1 Å². The summed E-state index contributed by atoms with van der Waals surface area (Å²) in [4.78, 5) is 31.5. The molecular weight excluding hydrogens is 390 g/mol. The number of H-pyrrole nitrogens is 1. The van der Waals surface area contributed by atoms with Crippen molar-refractivity contribution >= 4 is 52.8 Å². The molecule has 0 saturated heterocycles. The lowest BCUT2D eigenvalue weighted by atomic mass is 10.2. The number of benzene rings is 2. The quantitative estimate of drug-likeness (QED) is 0.479. The van der Waals surface area contributed by atoms with Crippen LogP contribution in [-0.4, -0.2) is 41.8 Å². The number of anilines is 1. The summed E-state index contributed by atoms with van der Waals surface area (Å²) < 4.78 is 9.90. The van der Waals surface area contributed by atoms with Gasteiger partial charge in [0.05, 0.1) is 42.3 Å². The zero-order chi connectivity index (χ0) is 18.5. The molecule has 0 fully saturated rings. The van der Waals surface area contributed by atoms with E-state index in [0.717, 1.165) is 16.8 Å². The predicted molar refractivity (Wildman–Crippen MR) is 107 cm³/mol. The van der Waals surface area contributed by atoms with Gasteiger partial charge in [-0.1, -0.05) is 23.9 Å². The Morgan fingerprint density at radius 2 is 1.96 bits per heavy atom. The summed E-state index contributed by atoms with van der Waals surface area (Å²) in [6.45, 7) is 0. The maximum Gasteiger partial charge on any atom is 0.339 e. The molecule has 0 aliphatic heterocycles. The molecule has 2 aromatic carbocycles. The summed E-state index contributed by atoms with van der Waals surface area (Å²) in [7, 11) is 2.90. The number of para-hydroxylation sites is 1. The Hall–Kier alpha value is -2.71. The molecule has 2 N–H and O–H groups in total. The lowest BCUT2D eigenvalue weighted by Gasteiger charge is -2.08. The fourth-order valence-corrected chi connectivity index (χ4v) is 3.05. The number of hydrogen-bond acceptors (Lipinski definition) is 6. The minimum atomic E-state index is -0.500. The van der Waals surface area contributed by atoms with E-state index in [1.807, 2.05) is 18.2 Å². The van der Waals surface area contributed by atoms with Gasteiger partial charge in [-0.05, 0) is 24.3 Å². The third-order valence-corrected chi connectivity index (χ3v) is 4.49. The summed E-state index contributed by atoms with van der Waals surface area (Å²) in [5.74, 6) is 0.131. The van der Waals surface area contributed by atoms with Gasteiger partial charge in [-0.15, -0.1) is 12.4 Å². The summed E-state index contributed by atoms with van der Waals surface area (Å²) in [6.07, 6.45) is 0. The summed E-state index contributed by atoms with van der Waals surface area (Å²) in [5.41, 5.74) is 2.36. The summed E-state index contributed by atoms with van der Waals surface area (Å²) in [5, 5.41) is 3.36. The second-order valence-corrected chi connectivity index (χ2v) is 6.26. The Kier molecular flexibility index (Phi) is 7.09. The van der Waals surface area contributed by atoms with E-state index in [-0.39, 0.29) is 24.1 Å². The highest BCUT2D eigenvalue weighted by molar-refractivity contribution is 7.99. The molecule has 9 heteroatoms. The number of rotatable bonds is 6. The Morgan fingerprint density at radius 1 is 1.19 bits per heavy atom. The number of carbonyl (C=O) groups excluding carboxylic acids is 2. The van der Waals surface area contributed by atoms with Crippen molar-refractivity contribution in [3.8, 4) is 5.75 Å². The topological polar surface area (TPSA) is 93.3 Å². The Balaban J connectivity index is 0.00000261. The van der Waals surface area contributed by atoms with Gasteiger partial charge in [0, 0.05) is 6.07 Å². The predicted octanol–water partition coefficient (Wildman–Crippen LogP) is 3.51. The van der Waals surface area contributed by atoms with Crippen LogP contribution in [0.2, 0.25) is 0 Å². The number of imidazole rings is 1. The molecule has 1 heterocycles. The van der Waals surface area contributed by atoms with Crippen molar-refractivity contribution in [2.75, 3.05) is 25.3 Å². The molecular formula is C18H18ClN3O4S. The third-order valence-electron chi connectivity index (χ3n) is 3.61. The largest absolute Gasteiger partial charge is 0.497 e. The van der Waals surface area contributed by atoms with E-state index < -0.39 is 5.97 Å². The normalized spacial score (nSPS) is 10.1. The van der Waals surface area contributed by atoms with Crippen molar-refractivity contribution in [2.45, 2.75) is 5.16 Å². The van der Waals surface area contributed by atoms with Crippen molar-refractivity contribution in [1.29, 1.82) is 0 Å². The van der Waals surface area contributed by atoms with Crippen LogP contribution in [0.1, 0.15) is 10.4 Å². The van der Waals surface area contributed by atoms with Gasteiger partial charge in [0.15, 0.2) is 5.16 Å². The van der Waals surface area contributed by atoms with Crippen molar-refractivity contribution in [3.63, 3.8) is 0 Å². The van der Waals surface area contributed by atoms with Crippen molar-refractivity contribution in [1.82, 2.24) is 9.97 Å². The van der Waals surface area contributed by atoms with Gasteiger partial charge in [0.25, 0.3) is 0 Å². The molecule has 0 atom stereocenters. The molecule has 1 amide bonds. The first-order valence-corrected chi connectivity index (χ1v) is 8.73. The number of halogens is 1. The van der Waals surface area contributed by atoms with Gasteiger partial charge in [-0.25, -0.2) is 9.78 Å². The molecule has 3 aromatic rings. The molecule has 1 aromatic heterocycles. The van der Waals surface area contributed by atoms with Gasteiger partial charge in [0.1, 0.15) is 5.75 Å². The van der Waals surface area contributed by atoms with Crippen LogP contribution in [0.25, 0.3) is 11.0 Å². The highest BCUT2D eigenvalue weighted by atomic mass is 35.5. The number of aromatic nitrogens is 2. The van der Waals surface area contributed by atoms with Crippen molar-refractivity contribution in [3.05, 3.63) is 48.0 Å². The average Bonchev–Trinajstić information content (AvgIpc) is 3.08. The van der Waals surface area contributed by atoms with E-state index in [0.29, 0.717) is 16.4 Å². The number of methoxy groups -OCH3 is 2. The lowest BCUT2D eigenvalue weighted by molar-refractivity contribution is -0.113. The Morgan fingerprint density at radius 3 is 2.70 bits per heavy atom. The fourth-order valence-electron chi connectivity index (χ4n) is 2.36. The van der Waals surface area contributed by atoms with Crippen LogP contribution in [-0.2, 0) is 9.53 Å². The monoisotopic (exact) mass is 407 g/mol. The van der Waals surface area contributed by atoms with E-state index >= 15 is 0 Å². The number of esters is 1. The van der Waals surface area contributed by atoms with Gasteiger partial charge in [0.2, 0.25) is 5.91 Å². The van der Waals surface area contributed by atoms with Crippen LogP contribution in [0.15, 0.2) is 47.6 Å². The standard InChI is InChI=1S/C18H17N3O4S.ClH/c1-24-11-7-8-14-15(9-11)21-18(20-14)26-10-16(22)19-13-6-4-3-5-12(13)17(23)25-2;/h3-9H,10H2,1-2H3,(H,19,22)(H,20,21);1H. The molecule has 7 nitrogen and oxygen atoms in total. The molecule has 0 radical (unpaired) electrons. The van der Waals surface area contributed by atoms with E-state index in [2.05, 4.69) is 15.3 Å². The third kappa shape index (κ3) is 4.93. The molecule has 0 saturated carbocycles. The van der Waals surface area contributed by atoms with Gasteiger partial charge < -0.3 is 19.8 Å². The van der Waals surface area contributed by atoms with E-state index in [1.54, 1.807) is 31.4 Å². The second kappa shape index (κ2) is 9.29. The van der Waals surface area contributed by atoms with Crippen LogP contribution >= 0.6 is 24.2 Å². The number of nitrogens with one attached hydrogen (secondary N) is 2. The number of carbonyl (C=O) groups is 2. The van der Waals surface area contributed by atoms with Gasteiger partial charge >= 0.3 is 5.97 Å². The highest BCUT2D eigenvalue weighted by Gasteiger charge is 2.14. The number of aromatic amines is 1. The van der Waals surface area contributed by atoms with Crippen LogP contribution in [0.5, 0.6) is 5.75 Å². The van der Waals surface area contributed by atoms with E-state index in [9.17, 15) is 9.59 Å². The van der Waals surface area contributed by atoms with Crippen LogP contribution in [0.4, 0.5) is 5.69 Å². The number of nitrogens with zero attached hydrogens (tertiary/aromatic N) is 1. The zero-order valence-electron chi connectivity index (χ0n) is 14.6. The molecule has 0 aliphatic carbocycles. The minimum Gasteiger partial charge on any atom is -0.497 e. The Bertz CT molecular complexity index is 961.